The van der Waals surface area contributed by atoms with E-state index in [4.69, 9.17) is 24.2 Å². The van der Waals surface area contributed by atoms with Gasteiger partial charge >= 0.3 is 7.32 Å². The minimum Gasteiger partial charge on any atom is -0.497 e. The monoisotopic (exact) mass is 370 g/mol. The Kier molecular flexibility index (Phi) is 26.7. The molecule has 26 heavy (non-hydrogen) atoms. The van der Waals surface area contributed by atoms with Crippen molar-refractivity contribution < 1.29 is 24.2 Å². The van der Waals surface area contributed by atoms with Crippen molar-refractivity contribution in [3.63, 3.8) is 0 Å². The number of hydrogen-bond donors (Lipinski definition) is 2. The standard InChI is InChI=1S/C18H33BO3.C2H6O2/c1-4-7-10-13-16-20-19(21-17-14-11-8-5-2)22-18-15-12-9-6-3;3-1-2-4/h13-18H,4-12H2,1-3H3;3-4H,1-2H2/b16-13+,17-14+,18-15+;. The van der Waals surface area contributed by atoms with Crippen LogP contribution >= 0.6 is 0 Å². The lowest BCUT2D eigenvalue weighted by molar-refractivity contribution is 0.186. The zero-order chi connectivity index (χ0) is 19.7. The van der Waals surface area contributed by atoms with Crippen molar-refractivity contribution in [1.29, 1.82) is 0 Å². The normalized spacial score (nSPS) is 11.0. The predicted octanol–water partition coefficient (Wildman–Crippen LogP) is 5.10. The highest BCUT2D eigenvalue weighted by Gasteiger charge is 2.24. The van der Waals surface area contributed by atoms with Gasteiger partial charge in [-0.2, -0.15) is 0 Å². The molecule has 0 aliphatic heterocycles. The molecule has 152 valence electrons. The van der Waals surface area contributed by atoms with Gasteiger partial charge in [0.05, 0.1) is 32.0 Å². The molecule has 6 heteroatoms. The Morgan fingerprint density at radius 1 is 0.615 bits per heavy atom. The van der Waals surface area contributed by atoms with Gasteiger partial charge in [0.2, 0.25) is 0 Å². The highest BCUT2D eigenvalue weighted by atomic mass is 16.7. The molecule has 0 amide bonds. The van der Waals surface area contributed by atoms with E-state index in [0.29, 0.717) is 0 Å². The summed E-state index contributed by atoms with van der Waals surface area (Å²) in [6.07, 6.45) is 21.1. The van der Waals surface area contributed by atoms with Crippen molar-refractivity contribution in [3.8, 4) is 0 Å². The topological polar surface area (TPSA) is 68.2 Å². The van der Waals surface area contributed by atoms with Crippen molar-refractivity contribution in [1.82, 2.24) is 0 Å². The van der Waals surface area contributed by atoms with E-state index >= 15 is 0 Å². The molecule has 0 aliphatic rings. The molecule has 0 spiro atoms. The third-order valence-electron chi connectivity index (χ3n) is 3.13. The number of unbranched alkanes of at least 4 members (excludes halogenated alkanes) is 6. The second kappa shape index (κ2) is 25.8. The van der Waals surface area contributed by atoms with Gasteiger partial charge in [0.1, 0.15) is 0 Å². The Morgan fingerprint density at radius 3 is 1.15 bits per heavy atom. The molecule has 0 radical (unpaired) electrons. The van der Waals surface area contributed by atoms with E-state index in [1.165, 1.54) is 38.5 Å². The molecule has 0 bridgehead atoms. The quantitative estimate of drug-likeness (QED) is 0.225. The van der Waals surface area contributed by atoms with Crippen LogP contribution in [0.1, 0.15) is 78.6 Å². The molecule has 0 aromatic heterocycles. The second-order valence-electron chi connectivity index (χ2n) is 5.69. The summed E-state index contributed by atoms with van der Waals surface area (Å²) in [4.78, 5) is 0. The molecule has 0 atom stereocenters. The average Bonchev–Trinajstić information content (AvgIpc) is 2.67. The molecule has 0 aromatic rings. The van der Waals surface area contributed by atoms with Gasteiger partial charge in [0.25, 0.3) is 0 Å². The molecular weight excluding hydrogens is 331 g/mol. The SMILES string of the molecule is CCCC/C=C/OB(O/C=C/CCCC)O/C=C/CCCC.OCCO. The number of hydrogen-bond acceptors (Lipinski definition) is 5. The third kappa shape index (κ3) is 24.9. The summed E-state index contributed by atoms with van der Waals surface area (Å²) in [5, 5.41) is 15.2. The molecule has 0 rings (SSSR count). The van der Waals surface area contributed by atoms with E-state index in [1.807, 2.05) is 18.2 Å². The van der Waals surface area contributed by atoms with E-state index in [9.17, 15) is 0 Å². The van der Waals surface area contributed by atoms with Gasteiger partial charge in [0.15, 0.2) is 0 Å². The summed E-state index contributed by atoms with van der Waals surface area (Å²) >= 11 is 0. The van der Waals surface area contributed by atoms with Crippen molar-refractivity contribution in [2.75, 3.05) is 13.2 Å². The molecule has 5 nitrogen and oxygen atoms in total. The lowest BCUT2D eigenvalue weighted by Gasteiger charge is -2.08. The third-order valence-corrected chi connectivity index (χ3v) is 3.13. The fourth-order valence-corrected chi connectivity index (χ4v) is 1.63. The van der Waals surface area contributed by atoms with Gasteiger partial charge in [-0.15, -0.1) is 0 Å². The largest absolute Gasteiger partial charge is 0.862 e. The Balaban J connectivity index is 0. The first-order chi connectivity index (χ1) is 12.8. The Morgan fingerprint density at radius 2 is 0.923 bits per heavy atom. The molecule has 0 saturated carbocycles. The van der Waals surface area contributed by atoms with Gasteiger partial charge in [-0.05, 0) is 38.5 Å². The van der Waals surface area contributed by atoms with E-state index in [1.54, 1.807) is 18.8 Å². The highest BCUT2D eigenvalue weighted by molar-refractivity contribution is 6.37. The van der Waals surface area contributed by atoms with Crippen LogP contribution < -0.4 is 0 Å². The van der Waals surface area contributed by atoms with Gasteiger partial charge < -0.3 is 24.2 Å². The molecule has 0 fully saturated rings. The van der Waals surface area contributed by atoms with Gasteiger partial charge in [-0.3, -0.25) is 0 Å². The van der Waals surface area contributed by atoms with Crippen LogP contribution in [-0.4, -0.2) is 30.7 Å². The van der Waals surface area contributed by atoms with E-state index in [-0.39, 0.29) is 13.2 Å². The fourth-order valence-electron chi connectivity index (χ4n) is 1.63. The lowest BCUT2D eigenvalue weighted by Crippen LogP contribution is -2.20. The van der Waals surface area contributed by atoms with Crippen molar-refractivity contribution in [3.05, 3.63) is 37.0 Å². The molecule has 2 N–H and O–H groups in total. The van der Waals surface area contributed by atoms with Crippen LogP contribution in [0.15, 0.2) is 37.0 Å². The maximum Gasteiger partial charge on any atom is 0.862 e. The number of aliphatic hydroxyl groups is 2. The van der Waals surface area contributed by atoms with Crippen LogP contribution in [-0.2, 0) is 14.0 Å². The minimum absolute atomic E-state index is 0.125. The summed E-state index contributed by atoms with van der Waals surface area (Å²) in [6, 6.07) is 0. The van der Waals surface area contributed by atoms with Crippen LogP contribution in [0.5, 0.6) is 0 Å². The minimum atomic E-state index is -0.714. The molecule has 0 aliphatic carbocycles. The van der Waals surface area contributed by atoms with Crippen molar-refractivity contribution in [2.24, 2.45) is 0 Å². The smallest absolute Gasteiger partial charge is 0.497 e. The van der Waals surface area contributed by atoms with E-state index < -0.39 is 7.32 Å². The Bertz CT molecular complexity index is 283. The molecule has 0 unspecified atom stereocenters. The number of allylic oxidation sites excluding steroid dienone is 3. The maximum atomic E-state index is 7.62. The van der Waals surface area contributed by atoms with Crippen LogP contribution in [0.2, 0.25) is 0 Å². The predicted molar refractivity (Wildman–Crippen MR) is 109 cm³/mol. The molecular formula is C20H39BO5. The first-order valence-electron chi connectivity index (χ1n) is 9.89. The zero-order valence-electron chi connectivity index (χ0n) is 16.9. The number of rotatable bonds is 16. The number of aliphatic hydroxyl groups excluding tert-OH is 2. The van der Waals surface area contributed by atoms with Gasteiger partial charge in [-0.1, -0.05) is 58.3 Å². The Labute approximate surface area is 160 Å². The van der Waals surface area contributed by atoms with Crippen LogP contribution in [0, 0.1) is 0 Å². The zero-order valence-corrected chi connectivity index (χ0v) is 16.9. The van der Waals surface area contributed by atoms with Crippen molar-refractivity contribution in [2.45, 2.75) is 78.6 Å². The second-order valence-corrected chi connectivity index (χ2v) is 5.69. The van der Waals surface area contributed by atoms with E-state index in [2.05, 4.69) is 20.8 Å². The van der Waals surface area contributed by atoms with Gasteiger partial charge in [-0.25, -0.2) is 0 Å². The van der Waals surface area contributed by atoms with Crippen LogP contribution in [0.3, 0.4) is 0 Å². The lowest BCUT2D eigenvalue weighted by atomic mass is 10.2. The summed E-state index contributed by atoms with van der Waals surface area (Å²) in [7, 11) is -0.714. The summed E-state index contributed by atoms with van der Waals surface area (Å²) in [5.41, 5.74) is 0. The fraction of sp³-hybridized carbons (Fsp3) is 0.700. The first kappa shape index (κ1) is 26.8. The van der Waals surface area contributed by atoms with Crippen LogP contribution in [0.4, 0.5) is 0 Å². The maximum absolute atomic E-state index is 7.62. The van der Waals surface area contributed by atoms with Crippen molar-refractivity contribution >= 4 is 7.32 Å². The summed E-state index contributed by atoms with van der Waals surface area (Å²) in [5.74, 6) is 0. The molecule has 0 aromatic carbocycles. The molecule has 0 heterocycles. The summed E-state index contributed by atoms with van der Waals surface area (Å²) < 4.78 is 16.4. The Hall–Kier alpha value is -1.40. The van der Waals surface area contributed by atoms with E-state index in [0.717, 1.165) is 19.3 Å². The summed E-state index contributed by atoms with van der Waals surface area (Å²) in [6.45, 7) is 6.27. The average molecular weight is 370 g/mol. The van der Waals surface area contributed by atoms with Crippen LogP contribution in [0.25, 0.3) is 0 Å². The molecule has 0 saturated heterocycles. The first-order valence-corrected chi connectivity index (χ1v) is 9.89. The highest BCUT2D eigenvalue weighted by Crippen LogP contribution is 2.02. The van der Waals surface area contributed by atoms with Gasteiger partial charge in [0, 0.05) is 0 Å².